The molecule has 0 aromatic heterocycles. The molecule has 100 valence electrons. The monoisotopic (exact) mass is 270 g/mol. The van der Waals surface area contributed by atoms with Crippen LogP contribution in [0.25, 0.3) is 0 Å². The van der Waals surface area contributed by atoms with E-state index in [9.17, 15) is 9.90 Å². The summed E-state index contributed by atoms with van der Waals surface area (Å²) in [5, 5.41) is 13.6. The maximum Gasteiger partial charge on any atom is 0.217 e. The van der Waals surface area contributed by atoms with Crippen molar-refractivity contribution >= 4 is 17.5 Å². The van der Waals surface area contributed by atoms with Gasteiger partial charge in [-0.2, -0.15) is 0 Å². The highest BCUT2D eigenvalue weighted by atomic mass is 35.5. The minimum absolute atomic E-state index is 0.272. The molecule has 0 saturated heterocycles. The van der Waals surface area contributed by atoms with Crippen LogP contribution in [0.5, 0.6) is 0 Å². The van der Waals surface area contributed by atoms with Gasteiger partial charge in [0.15, 0.2) is 0 Å². The van der Waals surface area contributed by atoms with E-state index in [0.717, 1.165) is 24.9 Å². The molecule has 1 unspecified atom stereocenters. The van der Waals surface area contributed by atoms with Crippen LogP contribution in [-0.4, -0.2) is 24.1 Å². The maximum atomic E-state index is 10.5. The fourth-order valence-electron chi connectivity index (χ4n) is 1.64. The Kier molecular flexibility index (Phi) is 6.72. The molecule has 0 saturated carbocycles. The van der Waals surface area contributed by atoms with E-state index >= 15 is 0 Å². The van der Waals surface area contributed by atoms with Gasteiger partial charge < -0.3 is 16.2 Å². The molecule has 0 aliphatic heterocycles. The lowest BCUT2D eigenvalue weighted by Gasteiger charge is -2.13. The van der Waals surface area contributed by atoms with E-state index < -0.39 is 6.10 Å². The van der Waals surface area contributed by atoms with E-state index in [4.69, 9.17) is 17.3 Å². The molecule has 0 aliphatic carbocycles. The van der Waals surface area contributed by atoms with Crippen LogP contribution in [0.3, 0.4) is 0 Å². The molecule has 1 amide bonds. The zero-order chi connectivity index (χ0) is 13.4. The summed E-state index contributed by atoms with van der Waals surface area (Å²) in [6.45, 7) is 1.19. The number of hydrogen-bond acceptors (Lipinski definition) is 3. The maximum absolute atomic E-state index is 10.5. The summed E-state index contributed by atoms with van der Waals surface area (Å²) >= 11 is 5.98. The van der Waals surface area contributed by atoms with E-state index in [1.807, 2.05) is 18.2 Å². The summed E-state index contributed by atoms with van der Waals surface area (Å²) in [4.78, 5) is 10.5. The minimum atomic E-state index is -0.616. The number of hydrogen-bond donors (Lipinski definition) is 3. The first-order chi connectivity index (χ1) is 8.61. The molecule has 4 nitrogen and oxygen atoms in total. The molecule has 0 aliphatic rings. The lowest BCUT2D eigenvalue weighted by Crippen LogP contribution is -2.23. The third kappa shape index (κ3) is 5.49. The summed E-state index contributed by atoms with van der Waals surface area (Å²) in [5.41, 5.74) is 5.76. The Labute approximate surface area is 112 Å². The number of nitrogens with one attached hydrogen (secondary N) is 1. The number of amides is 1. The van der Waals surface area contributed by atoms with Gasteiger partial charge in [0.1, 0.15) is 0 Å². The number of benzene rings is 1. The third-order valence-corrected chi connectivity index (χ3v) is 2.97. The Hall–Kier alpha value is -1.10. The van der Waals surface area contributed by atoms with Gasteiger partial charge in [0.2, 0.25) is 5.91 Å². The van der Waals surface area contributed by atoms with Crippen LogP contribution in [-0.2, 0) is 4.79 Å². The van der Waals surface area contributed by atoms with Crippen molar-refractivity contribution < 1.29 is 9.90 Å². The summed E-state index contributed by atoms with van der Waals surface area (Å²) in [7, 11) is 0. The standard InChI is InChI=1S/C13H19ClN2O2/c14-11-6-2-1-5-10(11)12(17)9-16-8-4-3-7-13(15)18/h1-2,5-6,12,16-17H,3-4,7-9H2,(H2,15,18). The zero-order valence-electron chi connectivity index (χ0n) is 10.2. The summed E-state index contributed by atoms with van der Waals surface area (Å²) < 4.78 is 0. The SMILES string of the molecule is NC(=O)CCCCNCC(O)c1ccccc1Cl. The van der Waals surface area contributed by atoms with Crippen LogP contribution in [0.15, 0.2) is 24.3 Å². The molecular formula is C13H19ClN2O2. The van der Waals surface area contributed by atoms with E-state index in [-0.39, 0.29) is 5.91 Å². The molecule has 5 heteroatoms. The van der Waals surface area contributed by atoms with Crippen molar-refractivity contribution in [3.63, 3.8) is 0 Å². The third-order valence-electron chi connectivity index (χ3n) is 2.63. The van der Waals surface area contributed by atoms with Gasteiger partial charge in [-0.1, -0.05) is 29.8 Å². The Morgan fingerprint density at radius 1 is 1.39 bits per heavy atom. The van der Waals surface area contributed by atoms with Gasteiger partial charge in [0, 0.05) is 23.6 Å². The molecular weight excluding hydrogens is 252 g/mol. The molecule has 0 radical (unpaired) electrons. The Morgan fingerprint density at radius 3 is 2.78 bits per heavy atom. The van der Waals surface area contributed by atoms with Crippen molar-refractivity contribution in [3.05, 3.63) is 34.9 Å². The fraction of sp³-hybridized carbons (Fsp3) is 0.462. The van der Waals surface area contributed by atoms with E-state index in [0.29, 0.717) is 18.0 Å². The van der Waals surface area contributed by atoms with Gasteiger partial charge >= 0.3 is 0 Å². The average Bonchev–Trinajstić information content (AvgIpc) is 2.33. The first kappa shape index (κ1) is 15.0. The number of carbonyl (C=O) groups excluding carboxylic acids is 1. The number of primary amides is 1. The van der Waals surface area contributed by atoms with E-state index in [2.05, 4.69) is 5.32 Å². The van der Waals surface area contributed by atoms with Crippen molar-refractivity contribution in [2.24, 2.45) is 5.73 Å². The second-order valence-electron chi connectivity index (χ2n) is 4.16. The quantitative estimate of drug-likeness (QED) is 0.629. The van der Waals surface area contributed by atoms with Gasteiger partial charge in [-0.15, -0.1) is 0 Å². The van der Waals surface area contributed by atoms with Crippen LogP contribution in [0.4, 0.5) is 0 Å². The molecule has 1 rings (SSSR count). The highest BCUT2D eigenvalue weighted by Crippen LogP contribution is 2.21. The molecule has 0 bridgehead atoms. The predicted octanol–water partition coefficient (Wildman–Crippen LogP) is 1.62. The molecule has 1 atom stereocenters. The number of unbranched alkanes of at least 4 members (excludes halogenated alkanes) is 1. The number of aliphatic hydroxyl groups excluding tert-OH is 1. The van der Waals surface area contributed by atoms with Crippen LogP contribution in [0.2, 0.25) is 5.02 Å². The van der Waals surface area contributed by atoms with Gasteiger partial charge in [-0.25, -0.2) is 0 Å². The number of halogens is 1. The van der Waals surface area contributed by atoms with Gasteiger partial charge in [0.25, 0.3) is 0 Å². The molecule has 1 aromatic carbocycles. The summed E-state index contributed by atoms with van der Waals surface area (Å²) in [5.74, 6) is -0.272. The Morgan fingerprint density at radius 2 is 2.11 bits per heavy atom. The molecule has 0 heterocycles. The Balaban J connectivity index is 2.20. The van der Waals surface area contributed by atoms with Crippen molar-refractivity contribution in [1.29, 1.82) is 0 Å². The van der Waals surface area contributed by atoms with Crippen molar-refractivity contribution in [3.8, 4) is 0 Å². The predicted molar refractivity (Wildman–Crippen MR) is 72.3 cm³/mol. The van der Waals surface area contributed by atoms with E-state index in [1.54, 1.807) is 6.07 Å². The molecule has 1 aromatic rings. The zero-order valence-corrected chi connectivity index (χ0v) is 11.0. The second-order valence-corrected chi connectivity index (χ2v) is 4.57. The minimum Gasteiger partial charge on any atom is -0.387 e. The smallest absolute Gasteiger partial charge is 0.217 e. The normalized spacial score (nSPS) is 12.3. The van der Waals surface area contributed by atoms with E-state index in [1.165, 1.54) is 0 Å². The topological polar surface area (TPSA) is 75.4 Å². The first-order valence-electron chi connectivity index (χ1n) is 6.02. The first-order valence-corrected chi connectivity index (χ1v) is 6.40. The van der Waals surface area contributed by atoms with Crippen LogP contribution in [0, 0.1) is 0 Å². The summed E-state index contributed by atoms with van der Waals surface area (Å²) in [6.07, 6.45) is 1.42. The average molecular weight is 271 g/mol. The van der Waals surface area contributed by atoms with Crippen molar-refractivity contribution in [2.75, 3.05) is 13.1 Å². The van der Waals surface area contributed by atoms with Gasteiger partial charge in [0.05, 0.1) is 6.10 Å². The van der Waals surface area contributed by atoms with Gasteiger partial charge in [-0.05, 0) is 25.5 Å². The highest BCUT2D eigenvalue weighted by Gasteiger charge is 2.09. The fourth-order valence-corrected chi connectivity index (χ4v) is 1.90. The molecule has 4 N–H and O–H groups in total. The molecule has 0 spiro atoms. The highest BCUT2D eigenvalue weighted by molar-refractivity contribution is 6.31. The van der Waals surface area contributed by atoms with Crippen molar-refractivity contribution in [1.82, 2.24) is 5.32 Å². The van der Waals surface area contributed by atoms with Crippen LogP contribution in [0.1, 0.15) is 30.9 Å². The molecule has 18 heavy (non-hydrogen) atoms. The number of carbonyl (C=O) groups is 1. The van der Waals surface area contributed by atoms with Gasteiger partial charge in [-0.3, -0.25) is 4.79 Å². The number of aliphatic hydroxyl groups is 1. The van der Waals surface area contributed by atoms with Crippen molar-refractivity contribution in [2.45, 2.75) is 25.4 Å². The lowest BCUT2D eigenvalue weighted by molar-refractivity contribution is -0.118. The van der Waals surface area contributed by atoms with Crippen LogP contribution >= 0.6 is 11.6 Å². The van der Waals surface area contributed by atoms with Crippen LogP contribution < -0.4 is 11.1 Å². The lowest BCUT2D eigenvalue weighted by atomic mass is 10.1. The Bertz CT molecular complexity index is 385. The number of rotatable bonds is 8. The largest absolute Gasteiger partial charge is 0.387 e. The summed E-state index contributed by atoms with van der Waals surface area (Å²) in [6, 6.07) is 7.24. The molecule has 0 fully saturated rings. The number of nitrogens with two attached hydrogens (primary N) is 1. The second kappa shape index (κ2) is 8.08.